The summed E-state index contributed by atoms with van der Waals surface area (Å²) in [6, 6.07) is 15.1. The lowest BCUT2D eigenvalue weighted by Crippen LogP contribution is -2.36. The predicted molar refractivity (Wildman–Crippen MR) is 124 cm³/mol. The van der Waals surface area contributed by atoms with Crippen LogP contribution in [0, 0.1) is 5.92 Å². The Hall–Kier alpha value is -2.63. The number of hydrogen-bond acceptors (Lipinski definition) is 4. The largest absolute Gasteiger partial charge is 0.460 e. The maximum atomic E-state index is 13.4. The van der Waals surface area contributed by atoms with Crippen LogP contribution in [0.4, 0.5) is 0 Å². The van der Waals surface area contributed by atoms with Gasteiger partial charge in [0.1, 0.15) is 11.3 Å². The third kappa shape index (κ3) is 5.17. The molecule has 1 aliphatic heterocycles. The molecule has 0 aliphatic carbocycles. The van der Waals surface area contributed by atoms with Gasteiger partial charge >= 0.3 is 0 Å². The van der Waals surface area contributed by atoms with Gasteiger partial charge in [0.05, 0.1) is 5.39 Å². The van der Waals surface area contributed by atoms with Crippen molar-refractivity contribution < 1.29 is 9.21 Å². The number of hydrogen-bond donors (Lipinski definition) is 1. The fraction of sp³-hybridized carbons (Fsp3) is 0.360. The van der Waals surface area contributed by atoms with Crippen molar-refractivity contribution in [3.05, 3.63) is 80.7 Å². The molecule has 3 aromatic rings. The van der Waals surface area contributed by atoms with E-state index in [-0.39, 0.29) is 17.3 Å². The molecule has 0 saturated carbocycles. The molecule has 2 heterocycles. The van der Waals surface area contributed by atoms with Crippen molar-refractivity contribution in [3.63, 3.8) is 0 Å². The molecular weight excluding hydrogens is 412 g/mol. The summed E-state index contributed by atoms with van der Waals surface area (Å²) in [4.78, 5) is 27.6. The van der Waals surface area contributed by atoms with Crippen molar-refractivity contribution in [1.29, 1.82) is 0 Å². The number of benzene rings is 2. The summed E-state index contributed by atoms with van der Waals surface area (Å²) >= 11 is 6.15. The molecule has 1 aromatic heterocycles. The number of carbonyl (C=O) groups is 1. The topological polar surface area (TPSA) is 62.6 Å². The fourth-order valence-electron chi connectivity index (χ4n) is 4.16. The quantitative estimate of drug-likeness (QED) is 0.631. The highest BCUT2D eigenvalue weighted by molar-refractivity contribution is 6.31. The first-order valence-electron chi connectivity index (χ1n) is 10.8. The minimum Gasteiger partial charge on any atom is -0.460 e. The van der Waals surface area contributed by atoms with Crippen LogP contribution in [0.2, 0.25) is 5.02 Å². The van der Waals surface area contributed by atoms with E-state index < -0.39 is 0 Å². The first kappa shape index (κ1) is 21.6. The smallest absolute Gasteiger partial charge is 0.223 e. The van der Waals surface area contributed by atoms with Crippen molar-refractivity contribution in [2.45, 2.75) is 26.2 Å². The summed E-state index contributed by atoms with van der Waals surface area (Å²) < 4.78 is 6.24. The van der Waals surface area contributed by atoms with Gasteiger partial charge in [0.25, 0.3) is 0 Å². The molecule has 1 fully saturated rings. The van der Waals surface area contributed by atoms with Gasteiger partial charge in [-0.2, -0.15) is 0 Å². The molecule has 1 unspecified atom stereocenters. The number of carbonyl (C=O) groups excluding carboxylic acids is 1. The van der Waals surface area contributed by atoms with Gasteiger partial charge < -0.3 is 14.6 Å². The van der Waals surface area contributed by atoms with Crippen LogP contribution >= 0.6 is 11.6 Å². The first-order chi connectivity index (χ1) is 15.0. The highest BCUT2D eigenvalue weighted by atomic mass is 35.5. The van der Waals surface area contributed by atoms with Crippen LogP contribution in [0.1, 0.15) is 30.2 Å². The second kappa shape index (κ2) is 9.67. The number of amides is 1. The number of rotatable bonds is 6. The molecule has 1 atom stereocenters. The van der Waals surface area contributed by atoms with Crippen LogP contribution < -0.4 is 10.7 Å². The zero-order valence-electron chi connectivity index (χ0n) is 17.7. The number of fused-ring (bicyclic) bond motifs is 1. The van der Waals surface area contributed by atoms with Gasteiger partial charge in [-0.25, -0.2) is 0 Å². The van der Waals surface area contributed by atoms with Crippen molar-refractivity contribution in [2.24, 2.45) is 5.92 Å². The lowest BCUT2D eigenvalue weighted by atomic mass is 9.96. The van der Waals surface area contributed by atoms with E-state index in [1.165, 1.54) is 0 Å². The lowest BCUT2D eigenvalue weighted by molar-refractivity contribution is -0.130. The summed E-state index contributed by atoms with van der Waals surface area (Å²) in [5.74, 6) is 1.00. The van der Waals surface area contributed by atoms with E-state index in [0.29, 0.717) is 59.7 Å². The standard InChI is InChI=1S/C25H27ClN2O3/c1-17(16-28-12-11-27-10-9-24(28)29)13-22-21(14-18-5-3-2-4-6-18)25(30)20-8-7-19(26)15-23(20)31-22/h2-8,15,17,27H,9-14,16H2,1H3. The summed E-state index contributed by atoms with van der Waals surface area (Å²) in [5.41, 5.74) is 2.23. The van der Waals surface area contributed by atoms with Gasteiger partial charge in [0, 0.05) is 62.1 Å². The Labute approximate surface area is 187 Å². The van der Waals surface area contributed by atoms with Crippen LogP contribution in [0.25, 0.3) is 11.0 Å². The zero-order valence-corrected chi connectivity index (χ0v) is 18.5. The molecule has 0 radical (unpaired) electrons. The molecule has 4 rings (SSSR count). The second-order valence-corrected chi connectivity index (χ2v) is 8.72. The molecular formula is C25H27ClN2O3. The zero-order chi connectivity index (χ0) is 21.8. The van der Waals surface area contributed by atoms with E-state index >= 15 is 0 Å². The summed E-state index contributed by atoms with van der Waals surface area (Å²) in [7, 11) is 0. The highest BCUT2D eigenvalue weighted by Crippen LogP contribution is 2.24. The molecule has 31 heavy (non-hydrogen) atoms. The van der Waals surface area contributed by atoms with Crippen LogP contribution in [0.3, 0.4) is 0 Å². The lowest BCUT2D eigenvalue weighted by Gasteiger charge is -2.24. The van der Waals surface area contributed by atoms with Crippen LogP contribution in [0.5, 0.6) is 0 Å². The van der Waals surface area contributed by atoms with Crippen molar-refractivity contribution in [1.82, 2.24) is 10.2 Å². The van der Waals surface area contributed by atoms with Gasteiger partial charge in [-0.05, 0) is 23.6 Å². The Morgan fingerprint density at radius 1 is 1.13 bits per heavy atom. The highest BCUT2D eigenvalue weighted by Gasteiger charge is 2.22. The van der Waals surface area contributed by atoms with Crippen molar-refractivity contribution in [3.8, 4) is 0 Å². The third-order valence-corrected chi connectivity index (χ3v) is 5.98. The molecule has 1 aliphatic rings. The van der Waals surface area contributed by atoms with Gasteiger partial charge in [-0.3, -0.25) is 9.59 Å². The maximum Gasteiger partial charge on any atom is 0.223 e. The fourth-order valence-corrected chi connectivity index (χ4v) is 4.33. The van der Waals surface area contributed by atoms with E-state index in [1.807, 2.05) is 35.2 Å². The Morgan fingerprint density at radius 3 is 2.74 bits per heavy atom. The Bertz CT molecular complexity index is 1130. The monoisotopic (exact) mass is 438 g/mol. The Balaban J connectivity index is 1.66. The molecule has 0 bridgehead atoms. The Kier molecular flexibility index (Phi) is 6.73. The minimum absolute atomic E-state index is 0.0148. The molecule has 6 heteroatoms. The third-order valence-electron chi connectivity index (χ3n) is 5.75. The normalized spacial score (nSPS) is 15.8. The number of nitrogens with zero attached hydrogens (tertiary/aromatic N) is 1. The van der Waals surface area contributed by atoms with Crippen LogP contribution in [-0.4, -0.2) is 37.0 Å². The van der Waals surface area contributed by atoms with Crippen molar-refractivity contribution >= 4 is 28.5 Å². The molecule has 5 nitrogen and oxygen atoms in total. The Morgan fingerprint density at radius 2 is 1.94 bits per heavy atom. The molecule has 2 aromatic carbocycles. The number of halogens is 1. The molecule has 162 valence electrons. The van der Waals surface area contributed by atoms with E-state index in [4.69, 9.17) is 16.0 Å². The summed E-state index contributed by atoms with van der Waals surface area (Å²) in [6.07, 6.45) is 1.61. The summed E-state index contributed by atoms with van der Waals surface area (Å²) in [5, 5.41) is 4.34. The predicted octanol–water partition coefficient (Wildman–Crippen LogP) is 4.04. The van der Waals surface area contributed by atoms with Gasteiger partial charge in [-0.1, -0.05) is 48.9 Å². The first-order valence-corrected chi connectivity index (χ1v) is 11.2. The average molecular weight is 439 g/mol. The summed E-state index contributed by atoms with van der Waals surface area (Å²) in [6.45, 7) is 4.98. The van der Waals surface area contributed by atoms with Crippen molar-refractivity contribution in [2.75, 3.05) is 26.2 Å². The van der Waals surface area contributed by atoms with E-state index in [2.05, 4.69) is 12.2 Å². The second-order valence-electron chi connectivity index (χ2n) is 8.28. The molecule has 0 spiro atoms. The van der Waals surface area contributed by atoms with Crippen LogP contribution in [0.15, 0.2) is 57.7 Å². The van der Waals surface area contributed by atoms with Crippen LogP contribution in [-0.2, 0) is 17.6 Å². The van der Waals surface area contributed by atoms with Gasteiger partial charge in [0.2, 0.25) is 5.91 Å². The minimum atomic E-state index is -0.0148. The molecule has 1 N–H and O–H groups in total. The average Bonchev–Trinajstić information content (AvgIpc) is 2.95. The molecule has 1 saturated heterocycles. The van der Waals surface area contributed by atoms with Gasteiger partial charge in [-0.15, -0.1) is 0 Å². The van der Waals surface area contributed by atoms with E-state index in [1.54, 1.807) is 18.2 Å². The number of nitrogens with one attached hydrogen (secondary N) is 1. The maximum absolute atomic E-state index is 13.4. The van der Waals surface area contributed by atoms with E-state index in [9.17, 15) is 9.59 Å². The SMILES string of the molecule is CC(Cc1oc2cc(Cl)ccc2c(=O)c1Cc1ccccc1)CN1CCNCCC1=O. The van der Waals surface area contributed by atoms with Gasteiger partial charge in [0.15, 0.2) is 5.43 Å². The molecule has 1 amide bonds. The van der Waals surface area contributed by atoms with E-state index in [0.717, 1.165) is 18.7 Å².